The number of ether oxygens (including phenoxy) is 1. The van der Waals surface area contributed by atoms with Crippen molar-refractivity contribution in [3.8, 4) is 5.75 Å². The summed E-state index contributed by atoms with van der Waals surface area (Å²) in [6, 6.07) is 21.6. The zero-order valence-corrected chi connectivity index (χ0v) is 22.3. The second-order valence-electron chi connectivity index (χ2n) is 9.43. The number of rotatable bonds is 10. The number of amides is 1. The number of piperidine rings is 1. The number of nitrogens with one attached hydrogen (secondary N) is 1. The molecule has 0 spiro atoms. The van der Waals surface area contributed by atoms with Gasteiger partial charge in [0.2, 0.25) is 5.91 Å². The van der Waals surface area contributed by atoms with E-state index in [2.05, 4.69) is 22.3 Å². The van der Waals surface area contributed by atoms with E-state index in [0.29, 0.717) is 18.0 Å². The molecule has 0 aromatic heterocycles. The second-order valence-corrected chi connectivity index (χ2v) is 11.3. The summed E-state index contributed by atoms with van der Waals surface area (Å²) in [5.41, 5.74) is 3.37. The van der Waals surface area contributed by atoms with Crippen LogP contribution in [0.25, 0.3) is 0 Å². The van der Waals surface area contributed by atoms with Gasteiger partial charge < -0.3 is 10.1 Å². The van der Waals surface area contributed by atoms with E-state index < -0.39 is 15.9 Å². The van der Waals surface area contributed by atoms with E-state index in [0.717, 1.165) is 35.1 Å². The molecular formula is C29H35N3O4S. The first kappa shape index (κ1) is 26.7. The Kier molecular flexibility index (Phi) is 8.84. The molecule has 1 aliphatic rings. The van der Waals surface area contributed by atoms with Crippen LogP contribution in [-0.4, -0.2) is 46.0 Å². The van der Waals surface area contributed by atoms with Gasteiger partial charge in [0.25, 0.3) is 10.0 Å². The molecule has 0 saturated carbocycles. The van der Waals surface area contributed by atoms with Crippen molar-refractivity contribution in [2.24, 2.45) is 0 Å². The molecule has 8 heteroatoms. The van der Waals surface area contributed by atoms with Gasteiger partial charge in [-0.1, -0.05) is 55.0 Å². The molecule has 0 radical (unpaired) electrons. The minimum Gasteiger partial charge on any atom is -0.495 e. The number of carbonyl (C=O) groups excluding carboxylic acids is 1. The van der Waals surface area contributed by atoms with Gasteiger partial charge in [-0.05, 0) is 73.8 Å². The van der Waals surface area contributed by atoms with Gasteiger partial charge in [-0.15, -0.1) is 0 Å². The van der Waals surface area contributed by atoms with Crippen molar-refractivity contribution in [2.45, 2.75) is 44.2 Å². The van der Waals surface area contributed by atoms with Crippen LogP contribution in [0.5, 0.6) is 5.75 Å². The van der Waals surface area contributed by atoms with Crippen molar-refractivity contribution in [1.82, 2.24) is 10.2 Å². The van der Waals surface area contributed by atoms with Crippen LogP contribution in [0.15, 0.2) is 77.7 Å². The van der Waals surface area contributed by atoms with Gasteiger partial charge in [0.15, 0.2) is 0 Å². The fourth-order valence-corrected chi connectivity index (χ4v) is 6.06. The Labute approximate surface area is 220 Å². The molecule has 1 amide bonds. The molecule has 3 aromatic rings. The second kappa shape index (κ2) is 12.3. The molecule has 1 fully saturated rings. The molecule has 4 rings (SSSR count). The molecule has 196 valence electrons. The number of benzene rings is 3. The van der Waals surface area contributed by atoms with E-state index in [-0.39, 0.29) is 11.4 Å². The van der Waals surface area contributed by atoms with Crippen molar-refractivity contribution in [3.63, 3.8) is 0 Å². The molecule has 3 aromatic carbocycles. The fraction of sp³-hybridized carbons (Fsp3) is 0.345. The predicted molar refractivity (Wildman–Crippen MR) is 146 cm³/mol. The lowest BCUT2D eigenvalue weighted by atomic mass is 10.1. The Morgan fingerprint density at radius 2 is 1.68 bits per heavy atom. The molecule has 7 nitrogen and oxygen atoms in total. The number of likely N-dealkylation sites (tertiary alicyclic amines) is 1. The molecule has 0 aliphatic carbocycles. The normalized spacial score (nSPS) is 14.2. The van der Waals surface area contributed by atoms with E-state index in [1.54, 1.807) is 30.3 Å². The maximum absolute atomic E-state index is 13.6. The van der Waals surface area contributed by atoms with Crippen LogP contribution in [0.2, 0.25) is 0 Å². The number of aryl methyl sites for hydroxylation is 1. The first-order valence-corrected chi connectivity index (χ1v) is 14.1. The smallest absolute Gasteiger partial charge is 0.264 e. The van der Waals surface area contributed by atoms with Gasteiger partial charge >= 0.3 is 0 Å². The van der Waals surface area contributed by atoms with E-state index >= 15 is 0 Å². The third-order valence-electron chi connectivity index (χ3n) is 6.56. The Hall–Kier alpha value is -3.36. The highest BCUT2D eigenvalue weighted by Gasteiger charge is 2.29. The fourth-order valence-electron chi connectivity index (χ4n) is 4.61. The molecule has 0 bridgehead atoms. The van der Waals surface area contributed by atoms with E-state index in [1.807, 2.05) is 25.1 Å². The maximum Gasteiger partial charge on any atom is 0.264 e. The van der Waals surface area contributed by atoms with Crippen LogP contribution in [0.3, 0.4) is 0 Å². The molecule has 1 N–H and O–H groups in total. The summed E-state index contributed by atoms with van der Waals surface area (Å²) >= 11 is 0. The van der Waals surface area contributed by atoms with Gasteiger partial charge in [0.05, 0.1) is 17.7 Å². The average Bonchev–Trinajstić information content (AvgIpc) is 2.92. The molecular weight excluding hydrogens is 486 g/mol. The SMILES string of the molecule is COc1ccc(C)cc1N(CC(=O)NCc1cccc(CN2CCCCC2)c1)S(=O)(=O)c1ccccc1. The van der Waals surface area contributed by atoms with Crippen molar-refractivity contribution < 1.29 is 17.9 Å². The topological polar surface area (TPSA) is 79.0 Å². The minimum atomic E-state index is -4.02. The summed E-state index contributed by atoms with van der Waals surface area (Å²) in [5.74, 6) is -0.0205. The van der Waals surface area contributed by atoms with Crippen molar-refractivity contribution in [2.75, 3.05) is 31.0 Å². The predicted octanol–water partition coefficient (Wildman–Crippen LogP) is 4.50. The summed E-state index contributed by atoms with van der Waals surface area (Å²) in [6.07, 6.45) is 3.78. The first-order valence-electron chi connectivity index (χ1n) is 12.7. The number of hydrogen-bond acceptors (Lipinski definition) is 5. The molecule has 1 saturated heterocycles. The zero-order chi connectivity index (χ0) is 26.3. The van der Waals surface area contributed by atoms with Crippen molar-refractivity contribution in [1.29, 1.82) is 0 Å². The van der Waals surface area contributed by atoms with Crippen LogP contribution in [0.1, 0.15) is 36.0 Å². The van der Waals surface area contributed by atoms with E-state index in [9.17, 15) is 13.2 Å². The molecule has 0 atom stereocenters. The van der Waals surface area contributed by atoms with Crippen LogP contribution in [-0.2, 0) is 27.9 Å². The van der Waals surface area contributed by atoms with Gasteiger partial charge in [-0.2, -0.15) is 0 Å². The number of anilines is 1. The summed E-state index contributed by atoms with van der Waals surface area (Å²) in [5, 5.41) is 2.91. The molecule has 37 heavy (non-hydrogen) atoms. The first-order chi connectivity index (χ1) is 17.9. The Bertz CT molecular complexity index is 1310. The highest BCUT2D eigenvalue weighted by molar-refractivity contribution is 7.92. The maximum atomic E-state index is 13.6. The Morgan fingerprint density at radius 1 is 0.946 bits per heavy atom. The lowest BCUT2D eigenvalue weighted by molar-refractivity contribution is -0.119. The average molecular weight is 522 g/mol. The van der Waals surface area contributed by atoms with E-state index in [1.165, 1.54) is 44.1 Å². The number of nitrogens with zero attached hydrogens (tertiary/aromatic N) is 2. The quantitative estimate of drug-likeness (QED) is 0.425. The third kappa shape index (κ3) is 6.90. The summed E-state index contributed by atoms with van der Waals surface area (Å²) in [7, 11) is -2.53. The monoisotopic (exact) mass is 521 g/mol. The third-order valence-corrected chi connectivity index (χ3v) is 8.33. The zero-order valence-electron chi connectivity index (χ0n) is 21.5. The summed E-state index contributed by atoms with van der Waals surface area (Å²) in [6.45, 7) is 4.96. The van der Waals surface area contributed by atoms with Crippen LogP contribution < -0.4 is 14.4 Å². The van der Waals surface area contributed by atoms with Gasteiger partial charge in [-0.3, -0.25) is 14.0 Å². The van der Waals surface area contributed by atoms with Crippen LogP contribution in [0.4, 0.5) is 5.69 Å². The molecule has 0 unspecified atom stereocenters. The van der Waals surface area contributed by atoms with Crippen LogP contribution in [0, 0.1) is 6.92 Å². The number of methoxy groups -OCH3 is 1. The lowest BCUT2D eigenvalue weighted by Crippen LogP contribution is -2.41. The Balaban J connectivity index is 1.51. The minimum absolute atomic E-state index is 0.108. The Morgan fingerprint density at radius 3 is 2.41 bits per heavy atom. The van der Waals surface area contributed by atoms with Gasteiger partial charge in [0, 0.05) is 13.1 Å². The highest BCUT2D eigenvalue weighted by atomic mass is 32.2. The number of hydrogen-bond donors (Lipinski definition) is 1. The standard InChI is InChI=1S/C29H35N3O4S/c1-23-14-15-28(36-2)27(18-23)32(37(34,35)26-12-5-3-6-13-26)22-29(33)30-20-24-10-9-11-25(19-24)21-31-16-7-4-8-17-31/h3,5-6,9-15,18-19H,4,7-8,16-17,20-22H2,1-2H3,(H,30,33). The number of sulfonamides is 1. The number of carbonyl (C=O) groups is 1. The largest absolute Gasteiger partial charge is 0.495 e. The summed E-state index contributed by atoms with van der Waals surface area (Å²) in [4.78, 5) is 15.7. The van der Waals surface area contributed by atoms with Crippen molar-refractivity contribution >= 4 is 21.6 Å². The molecule has 1 aliphatic heterocycles. The van der Waals surface area contributed by atoms with Gasteiger partial charge in [-0.25, -0.2) is 8.42 Å². The lowest BCUT2D eigenvalue weighted by Gasteiger charge is -2.26. The summed E-state index contributed by atoms with van der Waals surface area (Å²) < 4.78 is 33.9. The van der Waals surface area contributed by atoms with Crippen LogP contribution >= 0.6 is 0 Å². The van der Waals surface area contributed by atoms with Crippen molar-refractivity contribution in [3.05, 3.63) is 89.5 Å². The van der Waals surface area contributed by atoms with E-state index in [4.69, 9.17) is 4.74 Å². The van der Waals surface area contributed by atoms with Gasteiger partial charge in [0.1, 0.15) is 12.3 Å². The molecule has 1 heterocycles. The highest BCUT2D eigenvalue weighted by Crippen LogP contribution is 2.33.